The lowest BCUT2D eigenvalue weighted by Crippen LogP contribution is -2.48. The summed E-state index contributed by atoms with van der Waals surface area (Å²) in [6.45, 7) is 4.53. The molecule has 2 heterocycles. The van der Waals surface area contributed by atoms with Crippen LogP contribution in [0.4, 0.5) is 5.69 Å². The average Bonchev–Trinajstić information content (AvgIpc) is 3.24. The number of rotatable bonds is 5. The number of hydrogen-bond acceptors (Lipinski definition) is 4. The van der Waals surface area contributed by atoms with Crippen LogP contribution < -0.4 is 10.1 Å². The van der Waals surface area contributed by atoms with E-state index in [9.17, 15) is 9.59 Å². The molecular weight excluding hydrogens is 356 g/mol. The van der Waals surface area contributed by atoms with Gasteiger partial charge in [0.2, 0.25) is 11.8 Å². The fraction of sp³-hybridized carbons (Fsp3) is 0.364. The molecule has 0 radical (unpaired) electrons. The van der Waals surface area contributed by atoms with Crippen molar-refractivity contribution >= 4 is 39.4 Å². The van der Waals surface area contributed by atoms with E-state index in [0.717, 1.165) is 22.8 Å². The molecular formula is C22H24N2O4. The first-order valence-corrected chi connectivity index (χ1v) is 9.59. The summed E-state index contributed by atoms with van der Waals surface area (Å²) in [5.41, 5.74) is 2.00. The highest BCUT2D eigenvalue weighted by atomic mass is 16.5. The SMILES string of the molecule is COc1cc2c(cc1NC(=O)C(C(C)C)N1CCCC1=O)oc1ccccc12. The molecule has 1 unspecified atom stereocenters. The first-order valence-electron chi connectivity index (χ1n) is 9.59. The average molecular weight is 380 g/mol. The Morgan fingerprint density at radius 3 is 2.64 bits per heavy atom. The van der Waals surface area contributed by atoms with Crippen molar-refractivity contribution in [2.45, 2.75) is 32.7 Å². The van der Waals surface area contributed by atoms with Crippen LogP contribution in [-0.2, 0) is 9.59 Å². The highest BCUT2D eigenvalue weighted by Crippen LogP contribution is 2.36. The van der Waals surface area contributed by atoms with E-state index in [2.05, 4.69) is 5.32 Å². The third-order valence-corrected chi connectivity index (χ3v) is 5.30. The molecule has 146 valence electrons. The number of nitrogens with zero attached hydrogens (tertiary/aromatic N) is 1. The Balaban J connectivity index is 1.70. The maximum atomic E-state index is 13.1. The van der Waals surface area contributed by atoms with E-state index >= 15 is 0 Å². The van der Waals surface area contributed by atoms with Gasteiger partial charge in [0.15, 0.2) is 0 Å². The number of benzene rings is 2. The lowest BCUT2D eigenvalue weighted by Gasteiger charge is -2.30. The number of furan rings is 1. The number of methoxy groups -OCH3 is 1. The third kappa shape index (κ3) is 3.09. The molecule has 1 atom stereocenters. The number of carbonyl (C=O) groups is 2. The summed E-state index contributed by atoms with van der Waals surface area (Å²) in [4.78, 5) is 26.9. The maximum absolute atomic E-state index is 13.1. The molecule has 1 aliphatic heterocycles. The van der Waals surface area contributed by atoms with Crippen LogP contribution in [0.2, 0.25) is 0 Å². The van der Waals surface area contributed by atoms with Gasteiger partial charge in [0.05, 0.1) is 12.8 Å². The van der Waals surface area contributed by atoms with Crippen LogP contribution in [0.1, 0.15) is 26.7 Å². The van der Waals surface area contributed by atoms with E-state index in [4.69, 9.17) is 9.15 Å². The van der Waals surface area contributed by atoms with Gasteiger partial charge in [-0.05, 0) is 24.5 Å². The molecule has 1 aliphatic rings. The molecule has 1 N–H and O–H groups in total. The Morgan fingerprint density at radius 1 is 1.18 bits per heavy atom. The molecule has 2 aromatic carbocycles. The zero-order chi connectivity index (χ0) is 19.8. The highest BCUT2D eigenvalue weighted by Gasteiger charge is 2.35. The van der Waals surface area contributed by atoms with Crippen LogP contribution in [0, 0.1) is 5.92 Å². The van der Waals surface area contributed by atoms with Gasteiger partial charge in [-0.15, -0.1) is 0 Å². The highest BCUT2D eigenvalue weighted by molar-refractivity contribution is 6.08. The fourth-order valence-corrected chi connectivity index (χ4v) is 3.99. The van der Waals surface area contributed by atoms with E-state index < -0.39 is 6.04 Å². The minimum absolute atomic E-state index is 0.00276. The van der Waals surface area contributed by atoms with Crippen LogP contribution in [0.5, 0.6) is 5.75 Å². The standard InChI is InChI=1S/C22H24N2O4/c1-13(2)21(24-10-6-9-20(24)25)22(26)23-16-12-18-15(11-19(16)27-3)14-7-4-5-8-17(14)28-18/h4-5,7-8,11-13,21H,6,9-10H2,1-3H3,(H,23,26). The molecule has 6 heteroatoms. The van der Waals surface area contributed by atoms with Gasteiger partial charge in [0, 0.05) is 29.8 Å². The summed E-state index contributed by atoms with van der Waals surface area (Å²) in [5, 5.41) is 4.89. The zero-order valence-corrected chi connectivity index (χ0v) is 16.3. The normalized spacial score (nSPS) is 15.6. The number of nitrogens with one attached hydrogen (secondary N) is 1. The fourth-order valence-electron chi connectivity index (χ4n) is 3.99. The topological polar surface area (TPSA) is 71.8 Å². The predicted molar refractivity (Wildman–Crippen MR) is 108 cm³/mol. The summed E-state index contributed by atoms with van der Waals surface area (Å²) in [6, 6.07) is 10.9. The molecule has 0 saturated carbocycles. The lowest BCUT2D eigenvalue weighted by atomic mass is 10.0. The molecule has 0 spiro atoms. The summed E-state index contributed by atoms with van der Waals surface area (Å²) in [7, 11) is 1.57. The molecule has 0 bridgehead atoms. The molecule has 1 fully saturated rings. The summed E-state index contributed by atoms with van der Waals surface area (Å²) >= 11 is 0. The third-order valence-electron chi connectivity index (χ3n) is 5.30. The molecule has 1 saturated heterocycles. The van der Waals surface area contributed by atoms with Crippen LogP contribution in [0.15, 0.2) is 40.8 Å². The van der Waals surface area contributed by atoms with Crippen molar-refractivity contribution in [1.82, 2.24) is 4.90 Å². The monoisotopic (exact) mass is 380 g/mol. The number of hydrogen-bond donors (Lipinski definition) is 1. The van der Waals surface area contributed by atoms with E-state index in [1.54, 1.807) is 18.1 Å². The van der Waals surface area contributed by atoms with Crippen molar-refractivity contribution < 1.29 is 18.7 Å². The first-order chi connectivity index (χ1) is 13.5. The van der Waals surface area contributed by atoms with Crippen LogP contribution in [-0.4, -0.2) is 36.4 Å². The number of para-hydroxylation sites is 1. The quantitative estimate of drug-likeness (QED) is 0.721. The van der Waals surface area contributed by atoms with Crippen molar-refractivity contribution in [1.29, 1.82) is 0 Å². The molecule has 4 rings (SSSR count). The number of carbonyl (C=O) groups excluding carboxylic acids is 2. The number of fused-ring (bicyclic) bond motifs is 3. The Labute approximate surface area is 163 Å². The van der Waals surface area contributed by atoms with E-state index in [-0.39, 0.29) is 17.7 Å². The summed E-state index contributed by atoms with van der Waals surface area (Å²) in [6.07, 6.45) is 1.30. The number of ether oxygens (including phenoxy) is 1. The molecule has 1 aromatic heterocycles. The molecule has 6 nitrogen and oxygen atoms in total. The number of amides is 2. The molecule has 28 heavy (non-hydrogen) atoms. The smallest absolute Gasteiger partial charge is 0.247 e. The Morgan fingerprint density at radius 2 is 1.96 bits per heavy atom. The van der Waals surface area contributed by atoms with Crippen molar-refractivity contribution in [3.63, 3.8) is 0 Å². The van der Waals surface area contributed by atoms with Gasteiger partial charge in [-0.2, -0.15) is 0 Å². The van der Waals surface area contributed by atoms with Crippen LogP contribution in [0.3, 0.4) is 0 Å². The van der Waals surface area contributed by atoms with Gasteiger partial charge in [-0.3, -0.25) is 9.59 Å². The van der Waals surface area contributed by atoms with Gasteiger partial charge in [0.1, 0.15) is 23.0 Å². The second-order valence-corrected chi connectivity index (χ2v) is 7.52. The van der Waals surface area contributed by atoms with Crippen molar-refractivity contribution in [3.05, 3.63) is 36.4 Å². The van der Waals surface area contributed by atoms with Crippen molar-refractivity contribution in [2.75, 3.05) is 19.0 Å². The number of likely N-dealkylation sites (tertiary alicyclic amines) is 1. The predicted octanol–water partition coefficient (Wildman–Crippen LogP) is 4.18. The molecule has 2 amide bonds. The van der Waals surface area contributed by atoms with E-state index in [0.29, 0.717) is 30.0 Å². The van der Waals surface area contributed by atoms with Crippen molar-refractivity contribution in [2.24, 2.45) is 5.92 Å². The molecule has 3 aromatic rings. The Kier molecular flexibility index (Phi) is 4.71. The maximum Gasteiger partial charge on any atom is 0.247 e. The molecule has 0 aliphatic carbocycles. The van der Waals surface area contributed by atoms with Gasteiger partial charge in [-0.1, -0.05) is 32.0 Å². The minimum atomic E-state index is -0.508. The van der Waals surface area contributed by atoms with Crippen molar-refractivity contribution in [3.8, 4) is 5.75 Å². The Bertz CT molecular complexity index is 1050. The second-order valence-electron chi connectivity index (χ2n) is 7.52. The zero-order valence-electron chi connectivity index (χ0n) is 16.3. The van der Waals surface area contributed by atoms with Crippen LogP contribution >= 0.6 is 0 Å². The first kappa shape index (κ1) is 18.3. The van der Waals surface area contributed by atoms with Gasteiger partial charge < -0.3 is 19.4 Å². The lowest BCUT2D eigenvalue weighted by molar-refractivity contribution is -0.136. The van der Waals surface area contributed by atoms with E-state index in [1.807, 2.05) is 44.2 Å². The van der Waals surface area contributed by atoms with Gasteiger partial charge in [0.25, 0.3) is 0 Å². The summed E-state index contributed by atoms with van der Waals surface area (Å²) < 4.78 is 11.5. The van der Waals surface area contributed by atoms with Crippen LogP contribution in [0.25, 0.3) is 21.9 Å². The Hall–Kier alpha value is -3.02. The second kappa shape index (κ2) is 7.19. The summed E-state index contributed by atoms with van der Waals surface area (Å²) in [5.74, 6) is 0.387. The number of anilines is 1. The minimum Gasteiger partial charge on any atom is -0.495 e. The van der Waals surface area contributed by atoms with Gasteiger partial charge >= 0.3 is 0 Å². The largest absolute Gasteiger partial charge is 0.495 e. The van der Waals surface area contributed by atoms with E-state index in [1.165, 1.54) is 0 Å². The van der Waals surface area contributed by atoms with Gasteiger partial charge in [-0.25, -0.2) is 0 Å².